The summed E-state index contributed by atoms with van der Waals surface area (Å²) in [6, 6.07) is 18.1. The number of hydrogen-bond acceptors (Lipinski definition) is 0. The third-order valence-corrected chi connectivity index (χ3v) is 5.91. The highest BCUT2D eigenvalue weighted by Gasteiger charge is 2.19. The van der Waals surface area contributed by atoms with Crippen molar-refractivity contribution >= 4 is 44.1 Å². The van der Waals surface area contributed by atoms with Crippen molar-refractivity contribution in [3.8, 4) is 0 Å². The van der Waals surface area contributed by atoms with Gasteiger partial charge in [0, 0.05) is 4.43 Å². The van der Waals surface area contributed by atoms with Crippen molar-refractivity contribution in [2.45, 2.75) is 19.3 Å². The summed E-state index contributed by atoms with van der Waals surface area (Å²) in [5.41, 5.74) is 3.19. The Hall–Kier alpha value is -1.09. The van der Waals surface area contributed by atoms with Gasteiger partial charge in [-0.3, -0.25) is 0 Å². The molecule has 0 aromatic heterocycles. The molecule has 0 heterocycles. The van der Waals surface area contributed by atoms with Crippen molar-refractivity contribution in [2.24, 2.45) is 5.92 Å². The Balaban J connectivity index is 2.02. The molecule has 20 heavy (non-hydrogen) atoms. The lowest BCUT2D eigenvalue weighted by Gasteiger charge is -2.25. The fourth-order valence-corrected chi connectivity index (χ4v) is 4.30. The first-order valence-corrected chi connectivity index (χ1v) is 8.87. The number of benzene rings is 3. The van der Waals surface area contributed by atoms with Gasteiger partial charge in [0.1, 0.15) is 0 Å². The van der Waals surface area contributed by atoms with Crippen LogP contribution in [0.5, 0.6) is 0 Å². The van der Waals surface area contributed by atoms with Gasteiger partial charge >= 0.3 is 0 Å². The lowest BCUT2D eigenvalue weighted by atomic mass is 9.82. The number of rotatable bonds is 1. The summed E-state index contributed by atoms with van der Waals surface area (Å²) in [7, 11) is 0. The topological polar surface area (TPSA) is 0 Å². The Labute approximate surface area is 133 Å². The first-order chi connectivity index (χ1) is 9.86. The van der Waals surface area contributed by atoms with E-state index in [1.54, 1.807) is 11.1 Å². The third kappa shape index (κ3) is 1.95. The second-order valence-electron chi connectivity index (χ2n) is 5.85. The number of halogens is 1. The number of hydrogen-bond donors (Lipinski definition) is 0. The van der Waals surface area contributed by atoms with Gasteiger partial charge in [-0.05, 0) is 57.9 Å². The molecule has 0 saturated heterocycles. The van der Waals surface area contributed by atoms with Crippen LogP contribution >= 0.6 is 22.6 Å². The molecule has 0 bridgehead atoms. The molecule has 1 atom stereocenters. The first-order valence-electron chi connectivity index (χ1n) is 7.35. The molecular formula is C19H17I. The van der Waals surface area contributed by atoms with E-state index in [-0.39, 0.29) is 0 Å². The SMILES string of the molecule is ICC1CCc2ccc3c(ccc4ccccc43)c2C1. The smallest absolute Gasteiger partial charge is 0.00269 e. The monoisotopic (exact) mass is 372 g/mol. The first kappa shape index (κ1) is 12.6. The second-order valence-corrected chi connectivity index (χ2v) is 6.73. The highest BCUT2D eigenvalue weighted by molar-refractivity contribution is 14.1. The van der Waals surface area contributed by atoms with Crippen molar-refractivity contribution in [2.75, 3.05) is 4.43 Å². The molecule has 3 aromatic carbocycles. The van der Waals surface area contributed by atoms with Crippen molar-refractivity contribution in [1.82, 2.24) is 0 Å². The van der Waals surface area contributed by atoms with E-state index in [0.29, 0.717) is 0 Å². The van der Waals surface area contributed by atoms with Gasteiger partial charge in [0.05, 0.1) is 0 Å². The molecule has 1 unspecified atom stereocenters. The van der Waals surface area contributed by atoms with Gasteiger partial charge in [0.2, 0.25) is 0 Å². The van der Waals surface area contributed by atoms with Gasteiger partial charge in [-0.1, -0.05) is 71.1 Å². The van der Waals surface area contributed by atoms with Crippen LogP contribution in [0.4, 0.5) is 0 Å². The molecule has 1 heteroatoms. The van der Waals surface area contributed by atoms with E-state index in [9.17, 15) is 0 Å². The average molecular weight is 372 g/mol. The predicted octanol–water partition coefficient (Wildman–Crippen LogP) is 5.53. The molecule has 1 aliphatic rings. The molecule has 0 nitrogen and oxygen atoms in total. The zero-order valence-electron chi connectivity index (χ0n) is 11.4. The van der Waals surface area contributed by atoms with E-state index in [4.69, 9.17) is 0 Å². The van der Waals surface area contributed by atoms with Crippen LogP contribution < -0.4 is 0 Å². The molecule has 4 rings (SSSR count). The van der Waals surface area contributed by atoms with Gasteiger partial charge in [0.25, 0.3) is 0 Å². The normalized spacial score (nSPS) is 18.4. The maximum Gasteiger partial charge on any atom is 0.00269 e. The van der Waals surface area contributed by atoms with E-state index >= 15 is 0 Å². The molecule has 100 valence electrons. The second kappa shape index (κ2) is 5.03. The predicted molar refractivity (Wildman–Crippen MR) is 95.9 cm³/mol. The molecule has 0 aliphatic heterocycles. The molecule has 0 fully saturated rings. The maximum absolute atomic E-state index is 2.54. The molecule has 0 saturated carbocycles. The van der Waals surface area contributed by atoms with Crippen LogP contribution in [0, 0.1) is 5.92 Å². The summed E-state index contributed by atoms with van der Waals surface area (Å²) in [4.78, 5) is 0. The van der Waals surface area contributed by atoms with E-state index in [2.05, 4.69) is 71.1 Å². The highest BCUT2D eigenvalue weighted by atomic mass is 127. The number of alkyl halides is 1. The van der Waals surface area contributed by atoms with Gasteiger partial charge in [-0.25, -0.2) is 0 Å². The Morgan fingerprint density at radius 1 is 0.900 bits per heavy atom. The summed E-state index contributed by atoms with van der Waals surface area (Å²) in [6.45, 7) is 0. The summed E-state index contributed by atoms with van der Waals surface area (Å²) < 4.78 is 1.28. The summed E-state index contributed by atoms with van der Waals surface area (Å²) in [5, 5.41) is 5.65. The Morgan fingerprint density at radius 3 is 2.65 bits per heavy atom. The van der Waals surface area contributed by atoms with Crippen molar-refractivity contribution in [3.63, 3.8) is 0 Å². The summed E-state index contributed by atoms with van der Waals surface area (Å²) in [6.07, 6.45) is 3.87. The van der Waals surface area contributed by atoms with E-state index in [0.717, 1.165) is 5.92 Å². The highest BCUT2D eigenvalue weighted by Crippen LogP contribution is 2.35. The van der Waals surface area contributed by atoms with Gasteiger partial charge < -0.3 is 0 Å². The number of fused-ring (bicyclic) bond motifs is 5. The van der Waals surface area contributed by atoms with Crippen LogP contribution in [-0.2, 0) is 12.8 Å². The lowest BCUT2D eigenvalue weighted by Crippen LogP contribution is -2.15. The lowest BCUT2D eigenvalue weighted by molar-refractivity contribution is 0.518. The quantitative estimate of drug-likeness (QED) is 0.299. The van der Waals surface area contributed by atoms with Crippen LogP contribution in [0.1, 0.15) is 17.5 Å². The molecule has 0 amide bonds. The average Bonchev–Trinajstić information content (AvgIpc) is 2.53. The standard InChI is InChI=1S/C19H17I/c20-12-13-5-6-15-8-9-17-16-4-2-1-3-14(16)7-10-18(17)19(15)11-13/h1-4,7-10,13H,5-6,11-12H2. The Kier molecular flexibility index (Phi) is 3.18. The summed E-state index contributed by atoms with van der Waals surface area (Å²) >= 11 is 2.54. The molecule has 0 spiro atoms. The van der Waals surface area contributed by atoms with Gasteiger partial charge in [-0.2, -0.15) is 0 Å². The minimum absolute atomic E-state index is 0.861. The van der Waals surface area contributed by atoms with Crippen LogP contribution in [0.25, 0.3) is 21.5 Å². The maximum atomic E-state index is 2.54. The van der Waals surface area contributed by atoms with E-state index in [1.165, 1.54) is 45.2 Å². The fourth-order valence-electron chi connectivity index (χ4n) is 3.55. The van der Waals surface area contributed by atoms with E-state index < -0.39 is 0 Å². The largest absolute Gasteiger partial charge is 0.0861 e. The van der Waals surface area contributed by atoms with Crippen LogP contribution in [0.15, 0.2) is 48.5 Å². The fraction of sp³-hybridized carbons (Fsp3) is 0.263. The zero-order valence-corrected chi connectivity index (χ0v) is 13.6. The Morgan fingerprint density at radius 2 is 1.75 bits per heavy atom. The van der Waals surface area contributed by atoms with Crippen LogP contribution in [0.2, 0.25) is 0 Å². The van der Waals surface area contributed by atoms with E-state index in [1.807, 2.05) is 0 Å². The van der Waals surface area contributed by atoms with Crippen molar-refractivity contribution < 1.29 is 0 Å². The van der Waals surface area contributed by atoms with Gasteiger partial charge in [0.15, 0.2) is 0 Å². The zero-order chi connectivity index (χ0) is 13.5. The molecule has 3 aromatic rings. The summed E-state index contributed by atoms with van der Waals surface area (Å²) in [5.74, 6) is 0.861. The Bertz CT molecular complexity index is 788. The molecular weight excluding hydrogens is 355 g/mol. The van der Waals surface area contributed by atoms with Gasteiger partial charge in [-0.15, -0.1) is 0 Å². The molecule has 1 aliphatic carbocycles. The minimum Gasteiger partial charge on any atom is -0.0861 e. The molecule has 0 N–H and O–H groups in total. The third-order valence-electron chi connectivity index (χ3n) is 4.67. The minimum atomic E-state index is 0.861. The molecule has 0 radical (unpaired) electrons. The number of aryl methyl sites for hydroxylation is 1. The van der Waals surface area contributed by atoms with Crippen molar-refractivity contribution in [3.05, 3.63) is 59.7 Å². The van der Waals surface area contributed by atoms with Crippen LogP contribution in [-0.4, -0.2) is 4.43 Å². The van der Waals surface area contributed by atoms with Crippen molar-refractivity contribution in [1.29, 1.82) is 0 Å². The van der Waals surface area contributed by atoms with Crippen LogP contribution in [0.3, 0.4) is 0 Å².